The molecule has 27 heavy (non-hydrogen) atoms. The summed E-state index contributed by atoms with van der Waals surface area (Å²) in [6, 6.07) is 13.0. The van der Waals surface area contributed by atoms with Gasteiger partial charge in [0.25, 0.3) is 0 Å². The molecule has 1 aliphatic rings. The number of hydrazine groups is 1. The van der Waals surface area contributed by atoms with E-state index < -0.39 is 6.09 Å². The largest absolute Gasteiger partial charge is 0.453 e. The van der Waals surface area contributed by atoms with Crippen LogP contribution in [0.5, 0.6) is 0 Å². The van der Waals surface area contributed by atoms with Gasteiger partial charge >= 0.3 is 6.09 Å². The summed E-state index contributed by atoms with van der Waals surface area (Å²) in [4.78, 5) is 23.8. The molecule has 0 saturated carbocycles. The molecule has 7 nitrogen and oxygen atoms in total. The SMILES string of the molecule is COC(=O)Nc1ccc(CNC(=O)C2CNNC2c2ccc(F)cc2)cc1. The van der Waals surface area contributed by atoms with Crippen molar-refractivity contribution < 1.29 is 18.7 Å². The van der Waals surface area contributed by atoms with Crippen LogP contribution in [0, 0.1) is 11.7 Å². The number of amides is 2. The summed E-state index contributed by atoms with van der Waals surface area (Å²) in [5.74, 6) is -0.717. The number of benzene rings is 2. The average Bonchev–Trinajstić information content (AvgIpc) is 3.17. The molecular weight excluding hydrogens is 351 g/mol. The lowest BCUT2D eigenvalue weighted by Crippen LogP contribution is -2.34. The number of ether oxygens (including phenoxy) is 1. The van der Waals surface area contributed by atoms with Crippen molar-refractivity contribution in [1.82, 2.24) is 16.2 Å². The fourth-order valence-electron chi connectivity index (χ4n) is 2.92. The molecule has 8 heteroatoms. The van der Waals surface area contributed by atoms with Gasteiger partial charge in [0.2, 0.25) is 5.91 Å². The number of nitrogens with one attached hydrogen (secondary N) is 4. The monoisotopic (exact) mass is 372 g/mol. The van der Waals surface area contributed by atoms with E-state index >= 15 is 0 Å². The molecule has 1 fully saturated rings. The summed E-state index contributed by atoms with van der Waals surface area (Å²) < 4.78 is 17.6. The summed E-state index contributed by atoms with van der Waals surface area (Å²) >= 11 is 0. The molecule has 2 atom stereocenters. The number of methoxy groups -OCH3 is 1. The van der Waals surface area contributed by atoms with E-state index in [0.29, 0.717) is 18.8 Å². The van der Waals surface area contributed by atoms with Gasteiger partial charge in [0, 0.05) is 18.8 Å². The van der Waals surface area contributed by atoms with Gasteiger partial charge in [0.1, 0.15) is 5.82 Å². The van der Waals surface area contributed by atoms with Gasteiger partial charge in [-0.3, -0.25) is 15.5 Å². The molecule has 1 heterocycles. The summed E-state index contributed by atoms with van der Waals surface area (Å²) in [6.45, 7) is 0.847. The highest BCUT2D eigenvalue weighted by molar-refractivity contribution is 5.84. The number of halogens is 1. The lowest BCUT2D eigenvalue weighted by molar-refractivity contribution is -0.125. The highest BCUT2D eigenvalue weighted by Gasteiger charge is 2.33. The van der Waals surface area contributed by atoms with Gasteiger partial charge in [-0.15, -0.1) is 0 Å². The number of rotatable bonds is 5. The summed E-state index contributed by atoms with van der Waals surface area (Å²) in [5, 5.41) is 5.48. The second-order valence-electron chi connectivity index (χ2n) is 6.19. The zero-order valence-corrected chi connectivity index (χ0v) is 14.8. The summed E-state index contributed by atoms with van der Waals surface area (Å²) in [7, 11) is 1.30. The maximum Gasteiger partial charge on any atom is 0.411 e. The van der Waals surface area contributed by atoms with Gasteiger partial charge in [0.15, 0.2) is 0 Å². The van der Waals surface area contributed by atoms with Gasteiger partial charge in [-0.2, -0.15) is 0 Å². The van der Waals surface area contributed by atoms with Gasteiger partial charge in [-0.25, -0.2) is 14.6 Å². The Morgan fingerprint density at radius 1 is 1.15 bits per heavy atom. The molecule has 1 aliphatic heterocycles. The Bertz CT molecular complexity index is 796. The van der Waals surface area contributed by atoms with E-state index in [4.69, 9.17) is 0 Å². The van der Waals surface area contributed by atoms with Crippen LogP contribution in [0.2, 0.25) is 0 Å². The third kappa shape index (κ3) is 4.81. The Labute approximate surface area is 156 Å². The average molecular weight is 372 g/mol. The maximum absolute atomic E-state index is 13.1. The predicted molar refractivity (Wildman–Crippen MR) is 98.1 cm³/mol. The normalized spacial score (nSPS) is 18.7. The van der Waals surface area contributed by atoms with Crippen molar-refractivity contribution in [3.8, 4) is 0 Å². The van der Waals surface area contributed by atoms with Crippen LogP contribution in [-0.4, -0.2) is 25.7 Å². The molecule has 1 saturated heterocycles. The first kappa shape index (κ1) is 18.8. The van der Waals surface area contributed by atoms with Crippen molar-refractivity contribution in [2.75, 3.05) is 19.0 Å². The Morgan fingerprint density at radius 2 is 1.85 bits per heavy atom. The molecule has 0 spiro atoms. The first-order valence-electron chi connectivity index (χ1n) is 8.52. The van der Waals surface area contributed by atoms with Gasteiger partial charge < -0.3 is 10.1 Å². The zero-order valence-electron chi connectivity index (χ0n) is 14.8. The summed E-state index contributed by atoms with van der Waals surface area (Å²) in [6.07, 6.45) is -0.538. The Morgan fingerprint density at radius 3 is 2.52 bits per heavy atom. The highest BCUT2D eigenvalue weighted by atomic mass is 19.1. The Balaban J connectivity index is 1.56. The minimum absolute atomic E-state index is 0.0985. The molecular formula is C19H21FN4O3. The van der Waals surface area contributed by atoms with Gasteiger partial charge in [-0.05, 0) is 35.4 Å². The van der Waals surface area contributed by atoms with Crippen LogP contribution in [0.3, 0.4) is 0 Å². The van der Waals surface area contributed by atoms with E-state index in [1.165, 1.54) is 19.2 Å². The number of hydrogen-bond donors (Lipinski definition) is 4. The number of anilines is 1. The second-order valence-corrected chi connectivity index (χ2v) is 6.19. The molecule has 0 radical (unpaired) electrons. The topological polar surface area (TPSA) is 91.5 Å². The second kappa shape index (κ2) is 8.61. The van der Waals surface area contributed by atoms with E-state index in [2.05, 4.69) is 26.2 Å². The minimum Gasteiger partial charge on any atom is -0.453 e. The molecule has 2 unspecified atom stereocenters. The quantitative estimate of drug-likeness (QED) is 0.645. The number of carbonyl (C=O) groups excluding carboxylic acids is 2. The van der Waals surface area contributed by atoms with Crippen LogP contribution in [0.1, 0.15) is 17.2 Å². The van der Waals surface area contributed by atoms with Crippen molar-refractivity contribution in [2.24, 2.45) is 5.92 Å². The van der Waals surface area contributed by atoms with E-state index in [1.807, 2.05) is 12.1 Å². The molecule has 3 rings (SSSR count). The van der Waals surface area contributed by atoms with E-state index in [1.54, 1.807) is 24.3 Å². The lowest BCUT2D eigenvalue weighted by atomic mass is 9.94. The molecule has 2 aromatic carbocycles. The van der Waals surface area contributed by atoms with Crippen molar-refractivity contribution in [3.63, 3.8) is 0 Å². The van der Waals surface area contributed by atoms with Crippen LogP contribution in [0.4, 0.5) is 14.9 Å². The fraction of sp³-hybridized carbons (Fsp3) is 0.263. The van der Waals surface area contributed by atoms with Crippen LogP contribution >= 0.6 is 0 Å². The molecule has 0 aliphatic carbocycles. The molecule has 0 aromatic heterocycles. The molecule has 4 N–H and O–H groups in total. The molecule has 2 amide bonds. The molecule has 0 bridgehead atoms. The van der Waals surface area contributed by atoms with Crippen molar-refractivity contribution in [3.05, 3.63) is 65.5 Å². The van der Waals surface area contributed by atoms with Crippen LogP contribution < -0.4 is 21.5 Å². The fourth-order valence-corrected chi connectivity index (χ4v) is 2.92. The smallest absolute Gasteiger partial charge is 0.411 e. The predicted octanol–water partition coefficient (Wildman–Crippen LogP) is 2.09. The number of hydrogen-bond acceptors (Lipinski definition) is 5. The Kier molecular flexibility index (Phi) is 6.00. The van der Waals surface area contributed by atoms with E-state index in [9.17, 15) is 14.0 Å². The van der Waals surface area contributed by atoms with Crippen LogP contribution in [-0.2, 0) is 16.1 Å². The molecule has 142 valence electrons. The standard InChI is InChI=1S/C19H21FN4O3/c1-27-19(26)23-15-8-2-12(3-9-15)10-21-18(25)16-11-22-24-17(16)13-4-6-14(20)7-5-13/h2-9,16-17,22,24H,10-11H2,1H3,(H,21,25)(H,23,26). The highest BCUT2D eigenvalue weighted by Crippen LogP contribution is 2.25. The van der Waals surface area contributed by atoms with Gasteiger partial charge in [-0.1, -0.05) is 24.3 Å². The summed E-state index contributed by atoms with van der Waals surface area (Å²) in [5.41, 5.74) is 8.41. The number of carbonyl (C=O) groups is 2. The zero-order chi connectivity index (χ0) is 19.2. The lowest BCUT2D eigenvalue weighted by Gasteiger charge is -2.18. The van der Waals surface area contributed by atoms with Gasteiger partial charge in [0.05, 0.1) is 19.1 Å². The Hall–Kier alpha value is -2.97. The van der Waals surface area contributed by atoms with E-state index in [-0.39, 0.29) is 23.7 Å². The van der Waals surface area contributed by atoms with Crippen LogP contribution in [0.25, 0.3) is 0 Å². The minimum atomic E-state index is -0.538. The first-order valence-corrected chi connectivity index (χ1v) is 8.52. The van der Waals surface area contributed by atoms with Crippen molar-refractivity contribution in [1.29, 1.82) is 0 Å². The first-order chi connectivity index (χ1) is 13.1. The van der Waals surface area contributed by atoms with Crippen LogP contribution in [0.15, 0.2) is 48.5 Å². The van der Waals surface area contributed by atoms with Crippen molar-refractivity contribution >= 4 is 17.7 Å². The van der Waals surface area contributed by atoms with E-state index in [0.717, 1.165) is 11.1 Å². The molecule has 2 aromatic rings. The van der Waals surface area contributed by atoms with Crippen molar-refractivity contribution in [2.45, 2.75) is 12.6 Å². The third-order valence-corrected chi connectivity index (χ3v) is 4.40. The maximum atomic E-state index is 13.1. The third-order valence-electron chi connectivity index (χ3n) is 4.40.